The highest BCUT2D eigenvalue weighted by molar-refractivity contribution is 8.00. The van der Waals surface area contributed by atoms with Crippen LogP contribution in [-0.2, 0) is 4.79 Å². The summed E-state index contributed by atoms with van der Waals surface area (Å²) in [5, 5.41) is 9.66. The van der Waals surface area contributed by atoms with Crippen LogP contribution in [0.15, 0.2) is 53.7 Å². The molecule has 4 N–H and O–H groups in total. The number of methoxy groups -OCH3 is 1. The Morgan fingerprint density at radius 3 is 2.69 bits per heavy atom. The summed E-state index contributed by atoms with van der Waals surface area (Å²) in [6, 6.07) is 14.4. The summed E-state index contributed by atoms with van der Waals surface area (Å²) in [4.78, 5) is 16.9. The molecule has 26 heavy (non-hydrogen) atoms. The van der Waals surface area contributed by atoms with Gasteiger partial charge in [-0.2, -0.15) is 4.98 Å². The van der Waals surface area contributed by atoms with Gasteiger partial charge in [0.25, 0.3) is 0 Å². The summed E-state index contributed by atoms with van der Waals surface area (Å²) in [6.07, 6.45) is 0. The van der Waals surface area contributed by atoms with Crippen molar-refractivity contribution in [2.45, 2.75) is 10.4 Å². The highest BCUT2D eigenvalue weighted by Crippen LogP contribution is 2.35. The number of ether oxygens (including phenoxy) is 1. The maximum atomic E-state index is 12.9. The van der Waals surface area contributed by atoms with E-state index in [9.17, 15) is 4.79 Å². The van der Waals surface area contributed by atoms with Crippen molar-refractivity contribution in [3.8, 4) is 5.75 Å². The predicted octanol–water partition coefficient (Wildman–Crippen LogP) is 3.52. The normalized spacial score (nSPS) is 11.8. The van der Waals surface area contributed by atoms with E-state index in [1.807, 2.05) is 30.3 Å². The molecule has 9 heteroatoms. The molecule has 134 valence electrons. The standard InChI is InChI=1S/C17H16ClN5O2S/c1-25-13-8-7-11(9-12(13)18)20-15(24)14(10-5-3-2-4-6-10)26-17-21-16(19)22-23-17/h2-9,14H,1H3,(H,20,24)(H3,19,21,22,23)/t14-/m0/s1. The van der Waals surface area contributed by atoms with E-state index in [1.54, 1.807) is 18.2 Å². The van der Waals surface area contributed by atoms with E-state index in [0.29, 0.717) is 21.6 Å². The second-order valence-electron chi connectivity index (χ2n) is 5.25. The van der Waals surface area contributed by atoms with Crippen LogP contribution in [0.1, 0.15) is 10.8 Å². The second kappa shape index (κ2) is 8.11. The molecule has 0 aliphatic carbocycles. The lowest BCUT2D eigenvalue weighted by Gasteiger charge is -2.16. The van der Waals surface area contributed by atoms with Crippen molar-refractivity contribution >= 4 is 40.9 Å². The van der Waals surface area contributed by atoms with Crippen LogP contribution in [0.2, 0.25) is 5.02 Å². The minimum atomic E-state index is -0.563. The number of rotatable bonds is 6. The van der Waals surface area contributed by atoms with E-state index in [0.717, 1.165) is 5.56 Å². The van der Waals surface area contributed by atoms with Gasteiger partial charge in [0, 0.05) is 5.69 Å². The molecule has 2 aromatic carbocycles. The number of hydrogen-bond acceptors (Lipinski definition) is 6. The number of aromatic amines is 1. The number of nitrogens with zero attached hydrogens (tertiary/aromatic N) is 2. The molecule has 0 bridgehead atoms. The number of hydrogen-bond donors (Lipinski definition) is 3. The molecule has 0 unspecified atom stereocenters. The van der Waals surface area contributed by atoms with Crippen LogP contribution < -0.4 is 15.8 Å². The van der Waals surface area contributed by atoms with Crippen molar-refractivity contribution < 1.29 is 9.53 Å². The third-order valence-corrected chi connectivity index (χ3v) is 4.88. The van der Waals surface area contributed by atoms with Gasteiger partial charge < -0.3 is 15.8 Å². The average Bonchev–Trinajstić information content (AvgIpc) is 3.05. The van der Waals surface area contributed by atoms with Gasteiger partial charge in [-0.15, -0.1) is 5.10 Å². The van der Waals surface area contributed by atoms with E-state index in [-0.39, 0.29) is 11.9 Å². The van der Waals surface area contributed by atoms with Crippen molar-refractivity contribution in [1.29, 1.82) is 0 Å². The van der Waals surface area contributed by atoms with Gasteiger partial charge in [-0.05, 0) is 23.8 Å². The highest BCUT2D eigenvalue weighted by Gasteiger charge is 2.24. The Kier molecular flexibility index (Phi) is 5.65. The van der Waals surface area contributed by atoms with E-state index in [1.165, 1.54) is 18.9 Å². The summed E-state index contributed by atoms with van der Waals surface area (Å²) in [5.41, 5.74) is 6.95. The SMILES string of the molecule is COc1ccc(NC(=O)[C@@H](Sc2n[nH]c(N)n2)c2ccccc2)cc1Cl. The lowest BCUT2D eigenvalue weighted by atomic mass is 10.1. The Labute approximate surface area is 159 Å². The van der Waals surface area contributed by atoms with Crippen LogP contribution in [0, 0.1) is 0 Å². The highest BCUT2D eigenvalue weighted by atomic mass is 35.5. The first-order chi connectivity index (χ1) is 12.6. The molecule has 0 spiro atoms. The molecule has 1 amide bonds. The number of nitrogens with two attached hydrogens (primary N) is 1. The summed E-state index contributed by atoms with van der Waals surface area (Å²) in [6.45, 7) is 0. The molecule has 1 atom stereocenters. The van der Waals surface area contributed by atoms with Crippen molar-refractivity contribution in [2.75, 3.05) is 18.2 Å². The third-order valence-electron chi connectivity index (χ3n) is 3.47. The molecule has 0 aliphatic heterocycles. The van der Waals surface area contributed by atoms with Crippen molar-refractivity contribution in [3.05, 3.63) is 59.1 Å². The predicted molar refractivity (Wildman–Crippen MR) is 102 cm³/mol. The zero-order valence-electron chi connectivity index (χ0n) is 13.8. The molecule has 0 saturated carbocycles. The monoisotopic (exact) mass is 389 g/mol. The van der Waals surface area contributed by atoms with E-state index < -0.39 is 5.25 Å². The average molecular weight is 390 g/mol. The Hall–Kier alpha value is -2.71. The minimum Gasteiger partial charge on any atom is -0.495 e. The first kappa shape index (κ1) is 18.1. The van der Waals surface area contributed by atoms with Crippen LogP contribution in [-0.4, -0.2) is 28.2 Å². The smallest absolute Gasteiger partial charge is 0.242 e. The topological polar surface area (TPSA) is 106 Å². The Morgan fingerprint density at radius 1 is 1.31 bits per heavy atom. The largest absolute Gasteiger partial charge is 0.495 e. The summed E-state index contributed by atoms with van der Waals surface area (Å²) in [5.74, 6) is 0.502. The quantitative estimate of drug-likeness (QED) is 0.557. The van der Waals surface area contributed by atoms with Gasteiger partial charge in [0.15, 0.2) is 0 Å². The van der Waals surface area contributed by atoms with E-state index in [2.05, 4.69) is 20.5 Å². The Morgan fingerprint density at radius 2 is 2.08 bits per heavy atom. The van der Waals surface area contributed by atoms with Gasteiger partial charge in [-0.25, -0.2) is 5.10 Å². The number of anilines is 2. The molecule has 0 radical (unpaired) electrons. The zero-order chi connectivity index (χ0) is 18.5. The number of halogens is 1. The first-order valence-electron chi connectivity index (χ1n) is 7.60. The molecule has 0 saturated heterocycles. The number of nitrogen functional groups attached to an aromatic ring is 1. The van der Waals surface area contributed by atoms with Crippen LogP contribution in [0.4, 0.5) is 11.6 Å². The van der Waals surface area contributed by atoms with Crippen LogP contribution >= 0.6 is 23.4 Å². The molecule has 1 aromatic heterocycles. The summed E-state index contributed by atoms with van der Waals surface area (Å²) < 4.78 is 5.12. The maximum absolute atomic E-state index is 12.9. The van der Waals surface area contributed by atoms with Crippen LogP contribution in [0.5, 0.6) is 5.75 Å². The molecular weight excluding hydrogens is 374 g/mol. The summed E-state index contributed by atoms with van der Waals surface area (Å²) in [7, 11) is 1.53. The van der Waals surface area contributed by atoms with Gasteiger partial charge in [0.05, 0.1) is 12.1 Å². The summed E-state index contributed by atoms with van der Waals surface area (Å²) >= 11 is 7.32. The number of benzene rings is 2. The fourth-order valence-electron chi connectivity index (χ4n) is 2.27. The lowest BCUT2D eigenvalue weighted by Crippen LogP contribution is -2.19. The molecular formula is C17H16ClN5O2S. The number of carbonyl (C=O) groups excluding carboxylic acids is 1. The van der Waals surface area contributed by atoms with Crippen molar-refractivity contribution in [3.63, 3.8) is 0 Å². The first-order valence-corrected chi connectivity index (χ1v) is 8.86. The molecule has 3 aromatic rings. The fourth-order valence-corrected chi connectivity index (χ4v) is 3.45. The van der Waals surface area contributed by atoms with Crippen molar-refractivity contribution in [2.24, 2.45) is 0 Å². The molecule has 1 heterocycles. The number of amides is 1. The molecule has 3 rings (SSSR count). The lowest BCUT2D eigenvalue weighted by molar-refractivity contribution is -0.115. The second-order valence-corrected chi connectivity index (χ2v) is 6.73. The van der Waals surface area contributed by atoms with Gasteiger partial charge in [0.1, 0.15) is 11.0 Å². The molecule has 7 nitrogen and oxygen atoms in total. The maximum Gasteiger partial charge on any atom is 0.242 e. The van der Waals surface area contributed by atoms with E-state index >= 15 is 0 Å². The third kappa shape index (κ3) is 4.27. The van der Waals surface area contributed by atoms with Crippen molar-refractivity contribution in [1.82, 2.24) is 15.2 Å². The zero-order valence-corrected chi connectivity index (χ0v) is 15.3. The number of H-pyrrole nitrogens is 1. The fraction of sp³-hybridized carbons (Fsp3) is 0.118. The number of thioether (sulfide) groups is 1. The van der Waals surface area contributed by atoms with E-state index in [4.69, 9.17) is 22.1 Å². The number of nitrogens with one attached hydrogen (secondary N) is 2. The molecule has 0 fully saturated rings. The van der Waals surface area contributed by atoms with Gasteiger partial charge >= 0.3 is 0 Å². The van der Waals surface area contributed by atoms with Gasteiger partial charge in [0.2, 0.25) is 17.0 Å². The van der Waals surface area contributed by atoms with Gasteiger partial charge in [-0.1, -0.05) is 53.7 Å². The number of carbonyl (C=O) groups is 1. The minimum absolute atomic E-state index is 0.196. The Bertz CT molecular complexity index is 903. The molecule has 0 aliphatic rings. The van der Waals surface area contributed by atoms with Crippen LogP contribution in [0.25, 0.3) is 0 Å². The Balaban J connectivity index is 1.83. The number of aromatic nitrogens is 3. The van der Waals surface area contributed by atoms with Gasteiger partial charge in [-0.3, -0.25) is 4.79 Å². The van der Waals surface area contributed by atoms with Crippen LogP contribution in [0.3, 0.4) is 0 Å².